The molecule has 0 bridgehead atoms. The van der Waals surface area contributed by atoms with Crippen molar-refractivity contribution in [3.05, 3.63) is 40.8 Å². The molecule has 4 aromatic rings. The maximum absolute atomic E-state index is 12.0. The fraction of sp³-hybridized carbons (Fsp3) is 0.176. The van der Waals surface area contributed by atoms with Crippen molar-refractivity contribution in [3.8, 4) is 27.8 Å². The van der Waals surface area contributed by atoms with Crippen LogP contribution in [0, 0.1) is 0 Å². The molecule has 0 radical (unpaired) electrons. The molecule has 26 heavy (non-hydrogen) atoms. The van der Waals surface area contributed by atoms with Crippen molar-refractivity contribution in [2.24, 2.45) is 0 Å². The van der Waals surface area contributed by atoms with Gasteiger partial charge in [0.15, 0.2) is 0 Å². The van der Waals surface area contributed by atoms with Crippen LogP contribution in [0.15, 0.2) is 35.3 Å². The van der Waals surface area contributed by atoms with Crippen LogP contribution < -0.4 is 16.0 Å². The second-order valence-corrected chi connectivity index (χ2v) is 7.02. The highest BCUT2D eigenvalue weighted by atomic mass is 32.1. The molecule has 0 aliphatic rings. The fourth-order valence-electron chi connectivity index (χ4n) is 2.67. The van der Waals surface area contributed by atoms with Crippen LogP contribution in [-0.4, -0.2) is 31.3 Å². The molecule has 8 nitrogen and oxygen atoms in total. The molecule has 0 atom stereocenters. The van der Waals surface area contributed by atoms with Crippen LogP contribution in [0.2, 0.25) is 0 Å². The van der Waals surface area contributed by atoms with E-state index in [1.165, 1.54) is 17.4 Å². The van der Waals surface area contributed by atoms with Gasteiger partial charge < -0.3 is 15.5 Å². The summed E-state index contributed by atoms with van der Waals surface area (Å²) < 4.78 is 5.53. The largest absolute Gasteiger partial charge is 0.462 e. The van der Waals surface area contributed by atoms with Crippen molar-refractivity contribution in [2.45, 2.75) is 20.0 Å². The van der Waals surface area contributed by atoms with Crippen LogP contribution in [-0.2, 0) is 0 Å². The summed E-state index contributed by atoms with van der Waals surface area (Å²) in [4.78, 5) is 22.2. The second kappa shape index (κ2) is 6.26. The van der Waals surface area contributed by atoms with Gasteiger partial charge in [-0.1, -0.05) is 11.3 Å². The fourth-order valence-corrected chi connectivity index (χ4v) is 3.28. The summed E-state index contributed by atoms with van der Waals surface area (Å²) in [5.74, 6) is 0. The predicted octanol–water partition coefficient (Wildman–Crippen LogP) is 2.81. The lowest BCUT2D eigenvalue weighted by atomic mass is 10.1. The highest BCUT2D eigenvalue weighted by Crippen LogP contribution is 2.32. The molecule has 3 heterocycles. The minimum absolute atomic E-state index is 0.0918. The first-order valence-electron chi connectivity index (χ1n) is 7.98. The monoisotopic (exact) mass is 368 g/mol. The Morgan fingerprint density at radius 2 is 2.08 bits per heavy atom. The van der Waals surface area contributed by atoms with Gasteiger partial charge in [-0.05, 0) is 32.0 Å². The quantitative estimate of drug-likeness (QED) is 0.509. The first-order chi connectivity index (χ1) is 12.5. The number of H-pyrrole nitrogens is 2. The number of hydrogen-bond donors (Lipinski definition) is 3. The van der Waals surface area contributed by atoms with Gasteiger partial charge >= 0.3 is 0 Å². The molecule has 3 aromatic heterocycles. The average molecular weight is 368 g/mol. The number of ether oxygens (including phenoxy) is 1. The van der Waals surface area contributed by atoms with E-state index < -0.39 is 0 Å². The van der Waals surface area contributed by atoms with Gasteiger partial charge in [0.1, 0.15) is 5.01 Å². The van der Waals surface area contributed by atoms with E-state index in [0.717, 1.165) is 27.0 Å². The highest BCUT2D eigenvalue weighted by molar-refractivity contribution is 7.18. The zero-order valence-corrected chi connectivity index (χ0v) is 14.9. The molecule has 0 unspecified atom stereocenters. The maximum Gasteiger partial charge on any atom is 0.297 e. The number of nitrogens with two attached hydrogens (primary N) is 1. The Morgan fingerprint density at radius 3 is 2.81 bits per heavy atom. The molecule has 9 heteroatoms. The van der Waals surface area contributed by atoms with Crippen molar-refractivity contribution in [3.63, 3.8) is 0 Å². The molecule has 1 aromatic carbocycles. The van der Waals surface area contributed by atoms with Gasteiger partial charge in [0.05, 0.1) is 11.8 Å². The Hall–Kier alpha value is -3.20. The predicted molar refractivity (Wildman–Crippen MR) is 101 cm³/mol. The van der Waals surface area contributed by atoms with Gasteiger partial charge in [-0.3, -0.25) is 9.78 Å². The van der Waals surface area contributed by atoms with Crippen LogP contribution >= 0.6 is 11.3 Å². The van der Waals surface area contributed by atoms with Crippen molar-refractivity contribution in [1.82, 2.24) is 25.1 Å². The van der Waals surface area contributed by atoms with Gasteiger partial charge in [0, 0.05) is 34.3 Å². The molecule has 0 aliphatic carbocycles. The molecule has 4 rings (SSSR count). The maximum atomic E-state index is 12.0. The Labute approximate surface area is 152 Å². The minimum atomic E-state index is -0.270. The number of fused-ring (bicyclic) bond motifs is 1. The standard InChI is InChI=1S/C17H16N6O2S/c1-8(2)25-17-20-13(6-14(24)21-17)11-7-19-12-4-3-9(5-10(11)12)15-22-23-16(18)26-15/h3-8,19H,1-2H3,(H2,18,23)(H,20,21,24). The van der Waals surface area contributed by atoms with Crippen LogP contribution in [0.4, 0.5) is 5.13 Å². The van der Waals surface area contributed by atoms with Gasteiger partial charge in [-0.15, -0.1) is 10.2 Å². The van der Waals surface area contributed by atoms with E-state index in [2.05, 4.69) is 25.1 Å². The number of benzene rings is 1. The summed E-state index contributed by atoms with van der Waals surface area (Å²) in [5, 5.41) is 10.0. The normalized spacial score (nSPS) is 11.3. The zero-order chi connectivity index (χ0) is 18.3. The first-order valence-corrected chi connectivity index (χ1v) is 8.80. The lowest BCUT2D eigenvalue weighted by molar-refractivity contribution is 0.222. The molecule has 0 amide bonds. The molecule has 132 valence electrons. The van der Waals surface area contributed by atoms with Gasteiger partial charge in [0.25, 0.3) is 11.6 Å². The van der Waals surface area contributed by atoms with Crippen molar-refractivity contribution >= 4 is 27.4 Å². The third kappa shape index (κ3) is 3.04. The first kappa shape index (κ1) is 16.3. The Kier molecular flexibility index (Phi) is 3.92. The number of hydrogen-bond acceptors (Lipinski definition) is 7. The SMILES string of the molecule is CC(C)Oc1nc(-c2c[nH]c3ccc(-c4nnc(N)s4)cc23)cc(=O)[nH]1. The van der Waals surface area contributed by atoms with Crippen LogP contribution in [0.1, 0.15) is 13.8 Å². The summed E-state index contributed by atoms with van der Waals surface area (Å²) >= 11 is 1.32. The minimum Gasteiger partial charge on any atom is -0.462 e. The lowest BCUT2D eigenvalue weighted by Crippen LogP contribution is -2.14. The Balaban J connectivity index is 1.84. The van der Waals surface area contributed by atoms with E-state index in [1.807, 2.05) is 38.2 Å². The van der Waals surface area contributed by atoms with E-state index in [0.29, 0.717) is 10.8 Å². The van der Waals surface area contributed by atoms with Crippen LogP contribution in [0.25, 0.3) is 32.7 Å². The average Bonchev–Trinajstić information content (AvgIpc) is 3.19. The zero-order valence-electron chi connectivity index (χ0n) is 14.1. The van der Waals surface area contributed by atoms with Crippen molar-refractivity contribution < 1.29 is 4.74 Å². The number of rotatable bonds is 4. The molecule has 0 saturated heterocycles. The molecule has 0 aliphatic heterocycles. The third-order valence-electron chi connectivity index (χ3n) is 3.71. The number of aromatic amines is 2. The number of anilines is 1. The smallest absolute Gasteiger partial charge is 0.297 e. The van der Waals surface area contributed by atoms with E-state index >= 15 is 0 Å². The van der Waals surface area contributed by atoms with E-state index in [9.17, 15) is 4.79 Å². The summed E-state index contributed by atoms with van der Waals surface area (Å²) in [6, 6.07) is 7.52. The lowest BCUT2D eigenvalue weighted by Gasteiger charge is -2.09. The van der Waals surface area contributed by atoms with Crippen LogP contribution in [0.3, 0.4) is 0 Å². The summed E-state index contributed by atoms with van der Waals surface area (Å²) in [7, 11) is 0. The van der Waals surface area contributed by atoms with Crippen molar-refractivity contribution in [1.29, 1.82) is 0 Å². The summed E-state index contributed by atoms with van der Waals surface area (Å²) in [5.41, 5.74) is 8.57. The van der Waals surface area contributed by atoms with Crippen molar-refractivity contribution in [2.75, 3.05) is 5.73 Å². The Bertz CT molecular complexity index is 1140. The third-order valence-corrected chi connectivity index (χ3v) is 4.51. The molecular weight excluding hydrogens is 352 g/mol. The van der Waals surface area contributed by atoms with Gasteiger partial charge in [-0.2, -0.15) is 4.98 Å². The van der Waals surface area contributed by atoms with Crippen LogP contribution in [0.5, 0.6) is 6.01 Å². The van der Waals surface area contributed by atoms with E-state index in [1.54, 1.807) is 0 Å². The number of aromatic nitrogens is 5. The summed E-state index contributed by atoms with van der Waals surface area (Å²) in [6.45, 7) is 3.75. The van der Waals surface area contributed by atoms with E-state index in [4.69, 9.17) is 10.5 Å². The van der Waals surface area contributed by atoms with E-state index in [-0.39, 0.29) is 17.7 Å². The molecule has 0 fully saturated rings. The van der Waals surface area contributed by atoms with Gasteiger partial charge in [0.2, 0.25) is 5.13 Å². The number of nitrogens with zero attached hydrogens (tertiary/aromatic N) is 3. The molecule has 4 N–H and O–H groups in total. The number of nitrogens with one attached hydrogen (secondary N) is 2. The topological polar surface area (TPSA) is 123 Å². The molecule has 0 spiro atoms. The second-order valence-electron chi connectivity index (χ2n) is 6.01. The highest BCUT2D eigenvalue weighted by Gasteiger charge is 2.13. The Morgan fingerprint density at radius 1 is 1.23 bits per heavy atom. The number of nitrogen functional groups attached to an aromatic ring is 1. The molecule has 0 saturated carbocycles. The molecular formula is C17H16N6O2S. The summed E-state index contributed by atoms with van der Waals surface area (Å²) in [6.07, 6.45) is 1.73. The van der Waals surface area contributed by atoms with Gasteiger partial charge in [-0.25, -0.2) is 0 Å².